The first-order valence-electron chi connectivity index (χ1n) is 5.99. The lowest BCUT2D eigenvalue weighted by Gasteiger charge is -1.99. The third kappa shape index (κ3) is 2.42. The van der Waals surface area contributed by atoms with Crippen LogP contribution in [0.1, 0.15) is 15.9 Å². The van der Waals surface area contributed by atoms with Gasteiger partial charge in [0.25, 0.3) is 0 Å². The Hall–Kier alpha value is -2.00. The Morgan fingerprint density at radius 3 is 2.68 bits per heavy atom. The fourth-order valence-electron chi connectivity index (χ4n) is 1.90. The van der Waals surface area contributed by atoms with Crippen LogP contribution >= 0.6 is 11.8 Å². The molecule has 1 aliphatic heterocycles. The molecule has 1 aliphatic rings. The molecular formula is C16H12O2S. The van der Waals surface area contributed by atoms with E-state index in [0.717, 1.165) is 10.5 Å². The molecule has 2 aromatic rings. The summed E-state index contributed by atoms with van der Waals surface area (Å²) in [5.41, 5.74) is 1.73. The lowest BCUT2D eigenvalue weighted by molar-refractivity contribution is 0.101. The Bertz CT molecular complexity index is 660. The number of carbonyl (C=O) groups is 1. The molecule has 1 heterocycles. The highest BCUT2D eigenvalue weighted by Crippen LogP contribution is 2.33. The molecule has 0 saturated carbocycles. The van der Waals surface area contributed by atoms with Gasteiger partial charge in [0.2, 0.25) is 5.78 Å². The predicted molar refractivity (Wildman–Crippen MR) is 76.5 cm³/mol. The van der Waals surface area contributed by atoms with E-state index in [1.165, 1.54) is 11.8 Å². The van der Waals surface area contributed by atoms with Gasteiger partial charge in [0, 0.05) is 10.3 Å². The quantitative estimate of drug-likeness (QED) is 0.603. The molecule has 19 heavy (non-hydrogen) atoms. The van der Waals surface area contributed by atoms with Crippen LogP contribution in [0.25, 0.3) is 0 Å². The summed E-state index contributed by atoms with van der Waals surface area (Å²) in [7, 11) is 0. The summed E-state index contributed by atoms with van der Waals surface area (Å²) < 4.78 is 5.61. The van der Waals surface area contributed by atoms with Gasteiger partial charge in [-0.2, -0.15) is 0 Å². The van der Waals surface area contributed by atoms with Crippen LogP contribution < -0.4 is 4.74 Å². The first-order chi connectivity index (χ1) is 9.24. The highest BCUT2D eigenvalue weighted by molar-refractivity contribution is 8.02. The van der Waals surface area contributed by atoms with E-state index in [0.29, 0.717) is 17.1 Å². The van der Waals surface area contributed by atoms with E-state index >= 15 is 0 Å². The summed E-state index contributed by atoms with van der Waals surface area (Å²) in [6, 6.07) is 15.5. The van der Waals surface area contributed by atoms with Crippen molar-refractivity contribution in [2.45, 2.75) is 11.8 Å². The van der Waals surface area contributed by atoms with Crippen molar-refractivity contribution in [3.05, 3.63) is 70.8 Å². The first-order valence-corrected chi connectivity index (χ1v) is 6.87. The molecule has 2 aromatic carbocycles. The number of ether oxygens (including phenoxy) is 1. The number of ketones is 1. The van der Waals surface area contributed by atoms with Gasteiger partial charge in [-0.3, -0.25) is 4.79 Å². The summed E-state index contributed by atoms with van der Waals surface area (Å²) in [6.07, 6.45) is 0. The molecule has 0 amide bonds. The smallest absolute Gasteiger partial charge is 0.232 e. The van der Waals surface area contributed by atoms with Crippen LogP contribution in [0.4, 0.5) is 0 Å². The number of rotatable bonds is 2. The van der Waals surface area contributed by atoms with Crippen molar-refractivity contribution >= 4 is 17.5 Å². The van der Waals surface area contributed by atoms with Crippen molar-refractivity contribution < 1.29 is 9.53 Å². The Kier molecular flexibility index (Phi) is 3.13. The maximum absolute atomic E-state index is 12.1. The molecule has 0 aromatic heterocycles. The zero-order valence-electron chi connectivity index (χ0n) is 10.4. The van der Waals surface area contributed by atoms with E-state index < -0.39 is 0 Å². The minimum atomic E-state index is -0.0431. The van der Waals surface area contributed by atoms with E-state index in [2.05, 4.69) is 0 Å². The lowest BCUT2D eigenvalue weighted by Crippen LogP contribution is -1.97. The monoisotopic (exact) mass is 268 g/mol. The van der Waals surface area contributed by atoms with Gasteiger partial charge in [-0.1, -0.05) is 36.0 Å². The number of hydrogen-bond acceptors (Lipinski definition) is 3. The normalized spacial score (nSPS) is 15.4. The molecule has 0 saturated heterocycles. The van der Waals surface area contributed by atoms with E-state index in [4.69, 9.17) is 4.74 Å². The number of aryl methyl sites for hydroxylation is 1. The van der Waals surface area contributed by atoms with Crippen molar-refractivity contribution in [2.75, 3.05) is 0 Å². The van der Waals surface area contributed by atoms with Gasteiger partial charge in [-0.15, -0.1) is 0 Å². The summed E-state index contributed by atoms with van der Waals surface area (Å²) in [4.78, 5) is 13.2. The average molecular weight is 268 g/mol. The molecule has 0 N–H and O–H groups in total. The zero-order valence-corrected chi connectivity index (χ0v) is 11.2. The van der Waals surface area contributed by atoms with Crippen molar-refractivity contribution in [3.8, 4) is 5.75 Å². The van der Waals surface area contributed by atoms with Gasteiger partial charge in [0.05, 0.1) is 5.56 Å². The third-order valence-electron chi connectivity index (χ3n) is 2.87. The number of thioether (sulfide) groups is 1. The van der Waals surface area contributed by atoms with E-state index in [-0.39, 0.29) is 5.78 Å². The number of Topliss-reactive ketones (excluding diaryl/α,β-unsaturated/α-hetero) is 1. The second-order valence-corrected chi connectivity index (χ2v) is 5.29. The predicted octanol–water partition coefficient (Wildman–Crippen LogP) is 4.20. The third-order valence-corrected chi connectivity index (χ3v) is 3.75. The van der Waals surface area contributed by atoms with E-state index in [1.54, 1.807) is 5.41 Å². The van der Waals surface area contributed by atoms with Crippen LogP contribution in [0, 0.1) is 6.92 Å². The number of carbonyl (C=O) groups excluding carboxylic acids is 1. The molecule has 3 rings (SSSR count). The van der Waals surface area contributed by atoms with Crippen LogP contribution in [0.15, 0.2) is 64.6 Å². The minimum Gasteiger partial charge on any atom is -0.452 e. The summed E-state index contributed by atoms with van der Waals surface area (Å²) in [6.45, 7) is 1.98. The van der Waals surface area contributed by atoms with Crippen LogP contribution in [-0.2, 0) is 0 Å². The number of allylic oxidation sites excluding steroid dienone is 1. The Morgan fingerprint density at radius 2 is 1.89 bits per heavy atom. The van der Waals surface area contributed by atoms with E-state index in [9.17, 15) is 4.79 Å². The number of fused-ring (bicyclic) bond motifs is 1. The summed E-state index contributed by atoms with van der Waals surface area (Å²) in [5, 5.41) is 1.77. The Balaban J connectivity index is 1.84. The average Bonchev–Trinajstić information content (AvgIpc) is 2.74. The maximum Gasteiger partial charge on any atom is 0.232 e. The zero-order chi connectivity index (χ0) is 13.2. The molecule has 0 radical (unpaired) electrons. The molecule has 0 spiro atoms. The summed E-state index contributed by atoms with van der Waals surface area (Å²) in [5.74, 6) is 1.01. The maximum atomic E-state index is 12.1. The molecule has 94 valence electrons. The topological polar surface area (TPSA) is 26.3 Å². The van der Waals surface area contributed by atoms with E-state index in [1.807, 2.05) is 55.5 Å². The van der Waals surface area contributed by atoms with Crippen molar-refractivity contribution in [2.24, 2.45) is 0 Å². The van der Waals surface area contributed by atoms with Crippen molar-refractivity contribution in [1.29, 1.82) is 0 Å². The Morgan fingerprint density at radius 1 is 1.11 bits per heavy atom. The molecule has 0 atom stereocenters. The van der Waals surface area contributed by atoms with Gasteiger partial charge in [-0.25, -0.2) is 0 Å². The van der Waals surface area contributed by atoms with Gasteiger partial charge in [0.15, 0.2) is 5.76 Å². The molecular weight excluding hydrogens is 256 g/mol. The second kappa shape index (κ2) is 4.94. The molecule has 0 aliphatic carbocycles. The van der Waals surface area contributed by atoms with Crippen LogP contribution in [0.5, 0.6) is 5.75 Å². The molecule has 3 heteroatoms. The number of hydrogen-bond donors (Lipinski definition) is 0. The van der Waals surface area contributed by atoms with Crippen LogP contribution in [-0.4, -0.2) is 5.78 Å². The minimum absolute atomic E-state index is 0.0431. The van der Waals surface area contributed by atoms with Crippen LogP contribution in [0.2, 0.25) is 0 Å². The standard InChI is InChI=1S/C16H12O2S/c1-11-7-8-13-14(9-11)18-15(16(13)17)10-19-12-5-3-2-4-6-12/h2-10H,1H3. The molecule has 0 fully saturated rings. The van der Waals surface area contributed by atoms with Crippen LogP contribution in [0.3, 0.4) is 0 Å². The highest BCUT2D eigenvalue weighted by atomic mass is 32.2. The lowest BCUT2D eigenvalue weighted by atomic mass is 10.1. The number of benzene rings is 2. The summed E-state index contributed by atoms with van der Waals surface area (Å²) >= 11 is 1.49. The van der Waals surface area contributed by atoms with Gasteiger partial charge in [0.1, 0.15) is 5.75 Å². The highest BCUT2D eigenvalue weighted by Gasteiger charge is 2.26. The Labute approximate surface area is 116 Å². The fraction of sp³-hybridized carbons (Fsp3) is 0.0625. The first kappa shape index (κ1) is 12.1. The van der Waals surface area contributed by atoms with Crippen molar-refractivity contribution in [3.63, 3.8) is 0 Å². The SMILES string of the molecule is Cc1ccc2c(c1)OC(=CSc1ccccc1)C2=O. The molecule has 0 unspecified atom stereocenters. The molecule has 0 bridgehead atoms. The molecule has 2 nitrogen and oxygen atoms in total. The largest absolute Gasteiger partial charge is 0.452 e. The van der Waals surface area contributed by atoms with Gasteiger partial charge >= 0.3 is 0 Å². The van der Waals surface area contributed by atoms with Gasteiger partial charge < -0.3 is 4.74 Å². The van der Waals surface area contributed by atoms with Gasteiger partial charge in [-0.05, 0) is 36.8 Å². The van der Waals surface area contributed by atoms with Crippen molar-refractivity contribution in [1.82, 2.24) is 0 Å². The second-order valence-electron chi connectivity index (χ2n) is 4.34. The fourth-order valence-corrected chi connectivity index (χ4v) is 2.61.